The molecular formula is C19H22FNO4. The van der Waals surface area contributed by atoms with Gasteiger partial charge in [-0.25, -0.2) is 4.39 Å². The third-order valence-corrected chi connectivity index (χ3v) is 3.50. The van der Waals surface area contributed by atoms with E-state index in [0.717, 1.165) is 5.75 Å². The number of carbonyl (C=O) groups excluding carboxylic acids is 1. The Labute approximate surface area is 146 Å². The number of ether oxygens (including phenoxy) is 3. The predicted molar refractivity (Wildman–Crippen MR) is 92.6 cm³/mol. The minimum absolute atomic E-state index is 0.0685. The Bertz CT molecular complexity index is 675. The van der Waals surface area contributed by atoms with Crippen LogP contribution in [0.3, 0.4) is 0 Å². The van der Waals surface area contributed by atoms with E-state index in [4.69, 9.17) is 14.2 Å². The molecule has 25 heavy (non-hydrogen) atoms. The van der Waals surface area contributed by atoms with Gasteiger partial charge in [0.2, 0.25) is 0 Å². The summed E-state index contributed by atoms with van der Waals surface area (Å²) in [5.41, 5.74) is 0. The Morgan fingerprint density at radius 1 is 1.12 bits per heavy atom. The summed E-state index contributed by atoms with van der Waals surface area (Å²) >= 11 is 0. The quantitative estimate of drug-likeness (QED) is 0.708. The van der Waals surface area contributed by atoms with Crippen molar-refractivity contribution < 1.29 is 23.4 Å². The second-order valence-electron chi connectivity index (χ2n) is 5.26. The molecule has 0 unspecified atom stereocenters. The van der Waals surface area contributed by atoms with Crippen molar-refractivity contribution in [1.29, 1.82) is 0 Å². The number of para-hydroxylation sites is 1. The van der Waals surface area contributed by atoms with Crippen molar-refractivity contribution in [2.24, 2.45) is 0 Å². The first-order chi connectivity index (χ1) is 12.1. The van der Waals surface area contributed by atoms with Gasteiger partial charge < -0.3 is 19.5 Å². The van der Waals surface area contributed by atoms with Gasteiger partial charge in [-0.3, -0.25) is 4.79 Å². The number of benzene rings is 2. The van der Waals surface area contributed by atoms with E-state index in [2.05, 4.69) is 5.32 Å². The lowest BCUT2D eigenvalue weighted by Crippen LogP contribution is -2.39. The molecule has 0 spiro atoms. The minimum atomic E-state index is -0.752. The molecule has 0 aliphatic heterocycles. The normalized spacial score (nSPS) is 11.5. The number of halogens is 1. The average Bonchev–Trinajstić information content (AvgIpc) is 2.65. The van der Waals surface area contributed by atoms with Crippen LogP contribution >= 0.6 is 0 Å². The fourth-order valence-electron chi connectivity index (χ4n) is 2.14. The van der Waals surface area contributed by atoms with Crippen LogP contribution in [0.25, 0.3) is 0 Å². The second-order valence-corrected chi connectivity index (χ2v) is 5.26. The molecule has 0 saturated carbocycles. The molecule has 5 nitrogen and oxygen atoms in total. The van der Waals surface area contributed by atoms with Crippen LogP contribution in [0.4, 0.5) is 4.39 Å². The van der Waals surface area contributed by atoms with Crippen molar-refractivity contribution in [2.45, 2.75) is 19.4 Å². The maximum absolute atomic E-state index is 13.6. The molecule has 0 fully saturated rings. The number of methoxy groups -OCH3 is 1. The van der Waals surface area contributed by atoms with E-state index in [0.29, 0.717) is 25.3 Å². The van der Waals surface area contributed by atoms with Crippen LogP contribution < -0.4 is 19.5 Å². The molecule has 2 aromatic rings. The van der Waals surface area contributed by atoms with Gasteiger partial charge in [-0.2, -0.15) is 0 Å². The molecule has 0 aliphatic carbocycles. The first-order valence-electron chi connectivity index (χ1n) is 8.09. The highest BCUT2D eigenvalue weighted by atomic mass is 19.1. The number of carbonyl (C=O) groups is 1. The van der Waals surface area contributed by atoms with E-state index in [1.54, 1.807) is 50.4 Å². The molecule has 1 N–H and O–H groups in total. The molecule has 6 heteroatoms. The monoisotopic (exact) mass is 347 g/mol. The van der Waals surface area contributed by atoms with Crippen LogP contribution in [0.15, 0.2) is 48.5 Å². The van der Waals surface area contributed by atoms with E-state index in [9.17, 15) is 9.18 Å². The maximum Gasteiger partial charge on any atom is 0.261 e. The summed E-state index contributed by atoms with van der Waals surface area (Å²) in [5.74, 6) is 0.709. The maximum atomic E-state index is 13.6. The van der Waals surface area contributed by atoms with E-state index in [1.165, 1.54) is 12.1 Å². The van der Waals surface area contributed by atoms with Crippen molar-refractivity contribution in [3.05, 3.63) is 54.3 Å². The lowest BCUT2D eigenvalue weighted by Gasteiger charge is -2.17. The Morgan fingerprint density at radius 3 is 2.44 bits per heavy atom. The highest BCUT2D eigenvalue weighted by molar-refractivity contribution is 5.81. The summed E-state index contributed by atoms with van der Waals surface area (Å²) in [6.07, 6.45) is -0.322. The smallest absolute Gasteiger partial charge is 0.261 e. The molecular weight excluding hydrogens is 325 g/mol. The largest absolute Gasteiger partial charge is 0.497 e. The molecule has 1 amide bonds. The van der Waals surface area contributed by atoms with Gasteiger partial charge in [0.05, 0.1) is 13.7 Å². The molecule has 0 saturated heterocycles. The second kappa shape index (κ2) is 9.52. The van der Waals surface area contributed by atoms with E-state index < -0.39 is 11.9 Å². The lowest BCUT2D eigenvalue weighted by molar-refractivity contribution is -0.128. The lowest BCUT2D eigenvalue weighted by atomic mass is 10.2. The Balaban J connectivity index is 1.76. The Kier molecular flexibility index (Phi) is 7.07. The number of hydrogen-bond donors (Lipinski definition) is 1. The molecule has 0 aliphatic rings. The molecule has 2 rings (SSSR count). The predicted octanol–water partition coefficient (Wildman–Crippen LogP) is 3.19. The average molecular weight is 347 g/mol. The fourth-order valence-corrected chi connectivity index (χ4v) is 2.14. The van der Waals surface area contributed by atoms with Crippen molar-refractivity contribution in [3.63, 3.8) is 0 Å². The third-order valence-electron chi connectivity index (χ3n) is 3.50. The minimum Gasteiger partial charge on any atom is -0.497 e. The van der Waals surface area contributed by atoms with E-state index in [-0.39, 0.29) is 11.7 Å². The number of nitrogens with one attached hydrogen (secondary N) is 1. The zero-order chi connectivity index (χ0) is 18.1. The zero-order valence-corrected chi connectivity index (χ0v) is 14.3. The summed E-state index contributed by atoms with van der Waals surface area (Å²) in [6, 6.07) is 13.2. The van der Waals surface area contributed by atoms with Crippen molar-refractivity contribution >= 4 is 5.91 Å². The first kappa shape index (κ1) is 18.6. The Morgan fingerprint density at radius 2 is 1.80 bits per heavy atom. The molecule has 134 valence electrons. The van der Waals surface area contributed by atoms with E-state index in [1.807, 2.05) is 0 Å². The van der Waals surface area contributed by atoms with Crippen LogP contribution in [-0.4, -0.2) is 32.3 Å². The van der Waals surface area contributed by atoms with Crippen LogP contribution in [0.5, 0.6) is 17.2 Å². The van der Waals surface area contributed by atoms with E-state index >= 15 is 0 Å². The van der Waals surface area contributed by atoms with Gasteiger partial charge in [-0.05, 0) is 42.8 Å². The SMILES string of the molecule is CC[C@@H](Oc1ccccc1F)C(=O)NCCOc1ccc(OC)cc1. The highest BCUT2D eigenvalue weighted by Gasteiger charge is 2.19. The van der Waals surface area contributed by atoms with Gasteiger partial charge in [0, 0.05) is 0 Å². The topological polar surface area (TPSA) is 56.8 Å². The molecule has 0 bridgehead atoms. The fraction of sp³-hybridized carbons (Fsp3) is 0.316. The van der Waals surface area contributed by atoms with Crippen LogP contribution in [0, 0.1) is 5.82 Å². The summed E-state index contributed by atoms with van der Waals surface area (Å²) in [5, 5.41) is 2.73. The Hall–Kier alpha value is -2.76. The zero-order valence-electron chi connectivity index (χ0n) is 14.3. The number of amides is 1. The summed E-state index contributed by atoms with van der Waals surface area (Å²) < 4.78 is 29.7. The summed E-state index contributed by atoms with van der Waals surface area (Å²) in [7, 11) is 1.60. The van der Waals surface area contributed by atoms with Gasteiger partial charge >= 0.3 is 0 Å². The molecule has 2 aromatic carbocycles. The molecule has 0 aromatic heterocycles. The summed E-state index contributed by atoms with van der Waals surface area (Å²) in [6.45, 7) is 2.44. The third kappa shape index (κ3) is 5.67. The van der Waals surface area contributed by atoms with Gasteiger partial charge in [0.1, 0.15) is 18.1 Å². The number of hydrogen-bond acceptors (Lipinski definition) is 4. The van der Waals surface area contributed by atoms with Gasteiger partial charge in [0.15, 0.2) is 17.7 Å². The number of rotatable bonds is 9. The standard InChI is InChI=1S/C19H22FNO4/c1-3-17(25-18-7-5-4-6-16(18)20)19(22)21-12-13-24-15-10-8-14(23-2)9-11-15/h4-11,17H,3,12-13H2,1-2H3,(H,21,22)/t17-/m1/s1. The summed E-state index contributed by atoms with van der Waals surface area (Å²) in [4.78, 5) is 12.2. The molecule has 1 atom stereocenters. The van der Waals surface area contributed by atoms with Crippen molar-refractivity contribution in [2.75, 3.05) is 20.3 Å². The highest BCUT2D eigenvalue weighted by Crippen LogP contribution is 2.18. The van der Waals surface area contributed by atoms with Gasteiger partial charge in [0.25, 0.3) is 5.91 Å². The first-order valence-corrected chi connectivity index (χ1v) is 8.09. The molecule has 0 radical (unpaired) electrons. The van der Waals surface area contributed by atoms with Crippen LogP contribution in [0.2, 0.25) is 0 Å². The van der Waals surface area contributed by atoms with Crippen molar-refractivity contribution in [1.82, 2.24) is 5.32 Å². The molecule has 0 heterocycles. The van der Waals surface area contributed by atoms with Gasteiger partial charge in [-0.1, -0.05) is 19.1 Å². The van der Waals surface area contributed by atoms with Crippen LogP contribution in [-0.2, 0) is 4.79 Å². The van der Waals surface area contributed by atoms with Gasteiger partial charge in [-0.15, -0.1) is 0 Å². The van der Waals surface area contributed by atoms with Crippen LogP contribution in [0.1, 0.15) is 13.3 Å². The van der Waals surface area contributed by atoms with Crippen molar-refractivity contribution in [3.8, 4) is 17.2 Å².